The largest absolute Gasteiger partial charge is 0.363 e. The number of hydrogen-bond donors (Lipinski definition) is 2. The van der Waals surface area contributed by atoms with Crippen LogP contribution in [-0.2, 0) is 0 Å². The molecule has 0 saturated heterocycles. The van der Waals surface area contributed by atoms with Gasteiger partial charge in [-0.15, -0.1) is 0 Å². The van der Waals surface area contributed by atoms with Gasteiger partial charge in [-0.05, 0) is 51.3 Å². The average Bonchev–Trinajstić information content (AvgIpc) is 2.62. The fourth-order valence-electron chi connectivity index (χ4n) is 3.33. The standard InChI is InChI=1S/C22H34N6/c1-8-10-28(11-9-2)20-13-16(4)25-22(26-20)21(17(5)23)18-14-24-19(27(6)7)12-15(18)3/h12-14,23,26H,8-11H2,1-7H3/b22-21+,23-17?. The van der Waals surface area contributed by atoms with Gasteiger partial charge in [0.15, 0.2) is 0 Å². The summed E-state index contributed by atoms with van der Waals surface area (Å²) in [6.07, 6.45) is 6.11. The summed E-state index contributed by atoms with van der Waals surface area (Å²) in [5.41, 5.74) is 4.23. The van der Waals surface area contributed by atoms with Crippen LogP contribution in [0.15, 0.2) is 35.0 Å². The van der Waals surface area contributed by atoms with Crippen LogP contribution in [0.1, 0.15) is 51.7 Å². The molecule has 0 atom stereocenters. The molecule has 0 aromatic carbocycles. The van der Waals surface area contributed by atoms with Gasteiger partial charge in [0, 0.05) is 55.9 Å². The quantitative estimate of drug-likeness (QED) is 0.662. The van der Waals surface area contributed by atoms with Crippen molar-refractivity contribution in [2.45, 2.75) is 47.5 Å². The van der Waals surface area contributed by atoms with Crippen LogP contribution in [-0.4, -0.2) is 48.5 Å². The van der Waals surface area contributed by atoms with E-state index >= 15 is 0 Å². The van der Waals surface area contributed by atoms with Gasteiger partial charge < -0.3 is 20.5 Å². The lowest BCUT2D eigenvalue weighted by Gasteiger charge is -2.30. The lowest BCUT2D eigenvalue weighted by molar-refractivity contribution is 0.326. The Morgan fingerprint density at radius 2 is 1.79 bits per heavy atom. The first-order valence-electron chi connectivity index (χ1n) is 10.0. The number of hydrogen-bond acceptors (Lipinski definition) is 6. The molecule has 0 saturated carbocycles. The smallest absolute Gasteiger partial charge is 0.141 e. The van der Waals surface area contributed by atoms with E-state index in [9.17, 15) is 0 Å². The number of aromatic nitrogens is 1. The van der Waals surface area contributed by atoms with Crippen LogP contribution in [0.2, 0.25) is 0 Å². The number of aryl methyl sites for hydroxylation is 1. The van der Waals surface area contributed by atoms with Crippen molar-refractivity contribution in [2.24, 2.45) is 4.99 Å². The second-order valence-corrected chi connectivity index (χ2v) is 7.50. The first kappa shape index (κ1) is 21.7. The number of nitrogens with one attached hydrogen (secondary N) is 2. The highest BCUT2D eigenvalue weighted by atomic mass is 15.3. The molecule has 2 N–H and O–H groups in total. The molecule has 6 nitrogen and oxygen atoms in total. The second-order valence-electron chi connectivity index (χ2n) is 7.50. The van der Waals surface area contributed by atoms with Gasteiger partial charge in [0.2, 0.25) is 0 Å². The molecule has 28 heavy (non-hydrogen) atoms. The molecule has 2 heterocycles. The molecule has 1 aliphatic rings. The molecule has 0 fully saturated rings. The third-order valence-electron chi connectivity index (χ3n) is 4.64. The van der Waals surface area contributed by atoms with Crippen LogP contribution >= 0.6 is 0 Å². The Kier molecular flexibility index (Phi) is 7.38. The van der Waals surface area contributed by atoms with Crippen molar-refractivity contribution in [3.05, 3.63) is 41.1 Å². The van der Waals surface area contributed by atoms with Crippen LogP contribution in [0.3, 0.4) is 0 Å². The molecule has 0 spiro atoms. The molecule has 1 aromatic heterocycles. The number of anilines is 1. The molecular weight excluding hydrogens is 348 g/mol. The summed E-state index contributed by atoms with van der Waals surface area (Å²) in [7, 11) is 3.96. The first-order chi connectivity index (χ1) is 13.3. The maximum Gasteiger partial charge on any atom is 0.141 e. The Hall–Kier alpha value is -2.63. The summed E-state index contributed by atoms with van der Waals surface area (Å²) in [5, 5.41) is 11.9. The molecule has 0 bridgehead atoms. The third kappa shape index (κ3) is 5.00. The van der Waals surface area contributed by atoms with Crippen LogP contribution in [0.5, 0.6) is 0 Å². The van der Waals surface area contributed by atoms with Crippen LogP contribution in [0.25, 0.3) is 5.57 Å². The van der Waals surface area contributed by atoms with Crippen molar-refractivity contribution < 1.29 is 0 Å². The number of pyridine rings is 1. The van der Waals surface area contributed by atoms with Gasteiger partial charge in [-0.25, -0.2) is 9.98 Å². The molecule has 0 radical (unpaired) electrons. The Morgan fingerprint density at radius 1 is 1.14 bits per heavy atom. The molecule has 6 heteroatoms. The van der Waals surface area contributed by atoms with Crippen LogP contribution < -0.4 is 10.2 Å². The number of rotatable bonds is 8. The summed E-state index contributed by atoms with van der Waals surface area (Å²) in [4.78, 5) is 13.6. The predicted octanol–water partition coefficient (Wildman–Crippen LogP) is 4.19. The zero-order chi connectivity index (χ0) is 20.8. The third-order valence-corrected chi connectivity index (χ3v) is 4.64. The van der Waals surface area contributed by atoms with E-state index in [4.69, 9.17) is 10.4 Å². The van der Waals surface area contributed by atoms with Crippen molar-refractivity contribution in [3.8, 4) is 0 Å². The Balaban J connectivity index is 2.52. The molecule has 0 unspecified atom stereocenters. The van der Waals surface area contributed by atoms with E-state index in [1.165, 1.54) is 0 Å². The molecule has 152 valence electrons. The fraction of sp³-hybridized carbons (Fsp3) is 0.500. The predicted molar refractivity (Wildman–Crippen MR) is 120 cm³/mol. The molecule has 1 aliphatic heterocycles. The maximum atomic E-state index is 8.42. The Bertz CT molecular complexity index is 810. The van der Waals surface area contributed by atoms with E-state index in [0.717, 1.165) is 65.8 Å². The van der Waals surface area contributed by atoms with E-state index in [1.54, 1.807) is 0 Å². The minimum absolute atomic E-state index is 0.473. The van der Waals surface area contributed by atoms with Gasteiger partial charge in [-0.1, -0.05) is 13.8 Å². The molecule has 2 rings (SSSR count). The minimum Gasteiger partial charge on any atom is -0.363 e. The van der Waals surface area contributed by atoms with Gasteiger partial charge in [0.25, 0.3) is 0 Å². The van der Waals surface area contributed by atoms with Gasteiger partial charge in [0.05, 0.1) is 0 Å². The lowest BCUT2D eigenvalue weighted by atomic mass is 9.98. The Morgan fingerprint density at radius 3 is 2.29 bits per heavy atom. The van der Waals surface area contributed by atoms with E-state index in [0.29, 0.717) is 5.71 Å². The van der Waals surface area contributed by atoms with Crippen molar-refractivity contribution >= 4 is 22.8 Å². The fourth-order valence-corrected chi connectivity index (χ4v) is 3.33. The van der Waals surface area contributed by atoms with E-state index in [2.05, 4.69) is 48.1 Å². The molecular formula is C22H34N6. The summed E-state index contributed by atoms with van der Waals surface area (Å²) in [6.45, 7) is 12.2. The Labute approximate surface area is 169 Å². The highest BCUT2D eigenvalue weighted by Gasteiger charge is 2.20. The van der Waals surface area contributed by atoms with Gasteiger partial charge in [-0.2, -0.15) is 0 Å². The van der Waals surface area contributed by atoms with Crippen molar-refractivity contribution in [1.29, 1.82) is 5.41 Å². The van der Waals surface area contributed by atoms with Crippen molar-refractivity contribution in [1.82, 2.24) is 15.2 Å². The molecule has 0 aliphatic carbocycles. The number of aliphatic imine (C=N–C) groups is 1. The van der Waals surface area contributed by atoms with Gasteiger partial charge in [-0.3, -0.25) is 0 Å². The summed E-state index contributed by atoms with van der Waals surface area (Å²) >= 11 is 0. The summed E-state index contributed by atoms with van der Waals surface area (Å²) in [6, 6.07) is 2.05. The summed E-state index contributed by atoms with van der Waals surface area (Å²) < 4.78 is 0. The molecule has 0 amide bonds. The number of allylic oxidation sites excluding steroid dienone is 2. The van der Waals surface area contributed by atoms with E-state index < -0.39 is 0 Å². The second kappa shape index (κ2) is 9.53. The topological polar surface area (TPSA) is 67.6 Å². The average molecular weight is 383 g/mol. The van der Waals surface area contributed by atoms with Crippen molar-refractivity contribution in [2.75, 3.05) is 32.1 Å². The van der Waals surface area contributed by atoms with Gasteiger partial charge in [0.1, 0.15) is 17.5 Å². The normalized spacial score (nSPS) is 15.4. The monoisotopic (exact) mass is 382 g/mol. The summed E-state index contributed by atoms with van der Waals surface area (Å²) in [5.74, 6) is 2.69. The van der Waals surface area contributed by atoms with E-state index in [1.807, 2.05) is 39.0 Å². The van der Waals surface area contributed by atoms with Crippen LogP contribution in [0, 0.1) is 12.3 Å². The van der Waals surface area contributed by atoms with Crippen LogP contribution in [0.4, 0.5) is 5.82 Å². The van der Waals surface area contributed by atoms with E-state index in [-0.39, 0.29) is 0 Å². The SMILES string of the molecule is CCCN(CCC)C1=CC(C)=N/C(=C(/C(C)=N)c2cnc(N(C)C)cc2C)N1. The highest BCUT2D eigenvalue weighted by molar-refractivity contribution is 6.22. The van der Waals surface area contributed by atoms with Crippen molar-refractivity contribution in [3.63, 3.8) is 0 Å². The first-order valence-corrected chi connectivity index (χ1v) is 10.0. The number of nitrogens with zero attached hydrogens (tertiary/aromatic N) is 4. The minimum atomic E-state index is 0.473. The zero-order valence-electron chi connectivity index (χ0n) is 18.3. The highest BCUT2D eigenvalue weighted by Crippen LogP contribution is 2.27. The molecule has 1 aromatic rings. The zero-order valence-corrected chi connectivity index (χ0v) is 18.3. The van der Waals surface area contributed by atoms with Gasteiger partial charge >= 0.3 is 0 Å². The lowest BCUT2D eigenvalue weighted by Crippen LogP contribution is -2.35. The maximum absolute atomic E-state index is 8.42.